The standard InChI is InChI=1S/C24H33N7O/c1-16(26)18(13-25)22-28-19-14-27-9-5-17(19)23(29-22)30-10-6-24(7-11-30)8-12-31(15-24)20-3-2-4-21(20)32/h5,9,13-14,20-21,25,32H,2-4,6-8,10-12,15,26H2,1H3/b18-16+,25-13?/t20?,21-/m1/s1. The lowest BCUT2D eigenvalue weighted by Crippen LogP contribution is -2.44. The van der Waals surface area contributed by atoms with Crippen LogP contribution in [0.2, 0.25) is 0 Å². The summed E-state index contributed by atoms with van der Waals surface area (Å²) in [5.74, 6) is 1.39. The second-order valence-electron chi connectivity index (χ2n) is 9.78. The van der Waals surface area contributed by atoms with Gasteiger partial charge >= 0.3 is 0 Å². The Bertz CT molecular complexity index is 1040. The predicted octanol–water partition coefficient (Wildman–Crippen LogP) is 2.57. The topological polar surface area (TPSA) is 115 Å². The molecule has 2 aromatic heterocycles. The number of likely N-dealkylation sites (tertiary alicyclic amines) is 1. The molecule has 1 saturated carbocycles. The molecular formula is C24H33N7O. The van der Waals surface area contributed by atoms with Crippen LogP contribution >= 0.6 is 0 Å². The van der Waals surface area contributed by atoms with Crippen molar-refractivity contribution in [3.8, 4) is 0 Å². The Morgan fingerprint density at radius 2 is 2.00 bits per heavy atom. The van der Waals surface area contributed by atoms with Crippen molar-refractivity contribution in [1.82, 2.24) is 19.9 Å². The Balaban J connectivity index is 1.38. The molecule has 2 atom stereocenters. The summed E-state index contributed by atoms with van der Waals surface area (Å²) in [7, 11) is 0. The first-order chi connectivity index (χ1) is 15.5. The van der Waals surface area contributed by atoms with Gasteiger partial charge in [-0.05, 0) is 63.5 Å². The number of piperidine rings is 1. The average Bonchev–Trinajstić information content (AvgIpc) is 3.40. The minimum Gasteiger partial charge on any atom is -0.402 e. The summed E-state index contributed by atoms with van der Waals surface area (Å²) in [6.45, 7) is 5.88. The molecule has 2 saturated heterocycles. The van der Waals surface area contributed by atoms with E-state index in [-0.39, 0.29) is 6.10 Å². The van der Waals surface area contributed by atoms with Crippen LogP contribution in [0.3, 0.4) is 0 Å². The number of nitrogens with one attached hydrogen (secondary N) is 1. The molecule has 1 unspecified atom stereocenters. The van der Waals surface area contributed by atoms with Gasteiger partial charge in [-0.15, -0.1) is 0 Å². The fraction of sp³-hybridized carbons (Fsp3) is 0.583. The van der Waals surface area contributed by atoms with Gasteiger partial charge in [-0.2, -0.15) is 0 Å². The second-order valence-corrected chi connectivity index (χ2v) is 9.78. The molecule has 0 amide bonds. The van der Waals surface area contributed by atoms with Gasteiger partial charge in [-0.25, -0.2) is 9.97 Å². The minimum atomic E-state index is -0.147. The number of anilines is 1. The molecule has 4 heterocycles. The van der Waals surface area contributed by atoms with Gasteiger partial charge in [0.25, 0.3) is 0 Å². The largest absolute Gasteiger partial charge is 0.402 e. The van der Waals surface area contributed by atoms with Crippen LogP contribution in [0.4, 0.5) is 5.82 Å². The number of rotatable bonds is 4. The van der Waals surface area contributed by atoms with Crippen LogP contribution in [0.5, 0.6) is 0 Å². The summed E-state index contributed by atoms with van der Waals surface area (Å²) in [5.41, 5.74) is 8.20. The third-order valence-corrected chi connectivity index (χ3v) is 7.79. The Hall–Kier alpha value is -2.58. The monoisotopic (exact) mass is 435 g/mol. The molecule has 0 bridgehead atoms. The molecule has 8 nitrogen and oxygen atoms in total. The summed E-state index contributed by atoms with van der Waals surface area (Å²) in [4.78, 5) is 18.7. The predicted molar refractivity (Wildman–Crippen MR) is 127 cm³/mol. The lowest BCUT2D eigenvalue weighted by molar-refractivity contribution is 0.0743. The number of nitrogens with two attached hydrogens (primary N) is 1. The number of fused-ring (bicyclic) bond motifs is 1. The summed E-state index contributed by atoms with van der Waals surface area (Å²) in [5, 5.41) is 19.1. The van der Waals surface area contributed by atoms with Gasteiger partial charge in [0.15, 0.2) is 5.82 Å². The van der Waals surface area contributed by atoms with Gasteiger partial charge in [0, 0.05) is 49.2 Å². The van der Waals surface area contributed by atoms with Crippen molar-refractivity contribution in [3.63, 3.8) is 0 Å². The molecule has 4 N–H and O–H groups in total. The number of pyridine rings is 1. The Labute approximate surface area is 189 Å². The quantitative estimate of drug-likeness (QED) is 0.632. The van der Waals surface area contributed by atoms with E-state index in [4.69, 9.17) is 16.1 Å². The lowest BCUT2D eigenvalue weighted by atomic mass is 9.77. The van der Waals surface area contributed by atoms with E-state index in [0.29, 0.717) is 28.6 Å². The molecule has 3 fully saturated rings. The summed E-state index contributed by atoms with van der Waals surface area (Å²) in [6.07, 6.45) is 11.3. The Morgan fingerprint density at radius 3 is 2.69 bits per heavy atom. The van der Waals surface area contributed by atoms with E-state index in [9.17, 15) is 5.11 Å². The highest BCUT2D eigenvalue weighted by Crippen LogP contribution is 2.44. The number of aromatic nitrogens is 3. The first-order valence-corrected chi connectivity index (χ1v) is 11.8. The Morgan fingerprint density at radius 1 is 1.22 bits per heavy atom. The lowest BCUT2D eigenvalue weighted by Gasteiger charge is -2.41. The van der Waals surface area contributed by atoms with Gasteiger partial charge in [0.1, 0.15) is 5.82 Å². The van der Waals surface area contributed by atoms with Crippen molar-refractivity contribution in [2.45, 2.75) is 57.6 Å². The van der Waals surface area contributed by atoms with Crippen molar-refractivity contribution in [3.05, 3.63) is 30.0 Å². The molecule has 1 spiro atoms. The fourth-order valence-corrected chi connectivity index (χ4v) is 5.88. The summed E-state index contributed by atoms with van der Waals surface area (Å²) < 4.78 is 0. The van der Waals surface area contributed by atoms with Crippen molar-refractivity contribution in [2.75, 3.05) is 31.1 Å². The van der Waals surface area contributed by atoms with Gasteiger partial charge < -0.3 is 21.1 Å². The molecular weight excluding hydrogens is 402 g/mol. The van der Waals surface area contributed by atoms with Gasteiger partial charge in [0.2, 0.25) is 0 Å². The van der Waals surface area contributed by atoms with Crippen molar-refractivity contribution < 1.29 is 5.11 Å². The molecule has 0 aromatic carbocycles. The molecule has 32 heavy (non-hydrogen) atoms. The highest BCUT2D eigenvalue weighted by Gasteiger charge is 2.44. The number of nitrogens with zero attached hydrogens (tertiary/aromatic N) is 5. The molecule has 2 aromatic rings. The van der Waals surface area contributed by atoms with E-state index in [1.54, 1.807) is 19.3 Å². The third kappa shape index (κ3) is 3.75. The van der Waals surface area contributed by atoms with E-state index < -0.39 is 0 Å². The van der Waals surface area contributed by atoms with Crippen molar-refractivity contribution >= 4 is 28.5 Å². The Kier molecular flexibility index (Phi) is 5.59. The van der Waals surface area contributed by atoms with Gasteiger partial charge in [0.05, 0.1) is 23.4 Å². The van der Waals surface area contributed by atoms with Gasteiger partial charge in [-0.1, -0.05) is 0 Å². The number of aliphatic hydroxyl groups is 1. The smallest absolute Gasteiger partial charge is 0.165 e. The number of aliphatic hydroxyl groups excluding tert-OH is 1. The molecule has 170 valence electrons. The summed E-state index contributed by atoms with van der Waals surface area (Å²) >= 11 is 0. The molecule has 2 aliphatic heterocycles. The van der Waals surface area contributed by atoms with Crippen molar-refractivity contribution in [2.24, 2.45) is 11.1 Å². The van der Waals surface area contributed by atoms with E-state index in [2.05, 4.69) is 19.8 Å². The van der Waals surface area contributed by atoms with Crippen LogP contribution < -0.4 is 10.6 Å². The normalized spacial score (nSPS) is 26.6. The molecule has 0 radical (unpaired) electrons. The van der Waals surface area contributed by atoms with E-state index >= 15 is 0 Å². The maximum atomic E-state index is 10.4. The zero-order chi connectivity index (χ0) is 22.3. The van der Waals surface area contributed by atoms with Crippen LogP contribution in [-0.4, -0.2) is 69.5 Å². The van der Waals surface area contributed by atoms with Crippen LogP contribution in [-0.2, 0) is 0 Å². The van der Waals surface area contributed by atoms with E-state index in [1.165, 1.54) is 12.6 Å². The van der Waals surface area contributed by atoms with Crippen molar-refractivity contribution in [1.29, 1.82) is 5.41 Å². The maximum absolute atomic E-state index is 10.4. The van der Waals surface area contributed by atoms with Crippen LogP contribution in [0.15, 0.2) is 24.2 Å². The fourth-order valence-electron chi connectivity index (χ4n) is 5.88. The number of allylic oxidation sites excluding steroid dienone is 2. The molecule has 1 aliphatic carbocycles. The van der Waals surface area contributed by atoms with Gasteiger partial charge in [-0.3, -0.25) is 9.88 Å². The number of hydrogen-bond donors (Lipinski definition) is 3. The average molecular weight is 436 g/mol. The first kappa shape index (κ1) is 21.3. The number of hydrogen-bond acceptors (Lipinski definition) is 8. The van der Waals surface area contributed by atoms with Crippen LogP contribution in [0, 0.1) is 10.8 Å². The molecule has 5 rings (SSSR count). The second kappa shape index (κ2) is 8.41. The zero-order valence-corrected chi connectivity index (χ0v) is 18.8. The molecule has 3 aliphatic rings. The third-order valence-electron chi connectivity index (χ3n) is 7.79. The molecule has 8 heteroatoms. The van der Waals surface area contributed by atoms with Crippen LogP contribution in [0.1, 0.15) is 51.3 Å². The van der Waals surface area contributed by atoms with Crippen LogP contribution in [0.25, 0.3) is 16.5 Å². The minimum absolute atomic E-state index is 0.147. The maximum Gasteiger partial charge on any atom is 0.165 e. The zero-order valence-electron chi connectivity index (χ0n) is 18.8. The highest BCUT2D eigenvalue weighted by molar-refractivity contribution is 6.08. The van der Waals surface area contributed by atoms with E-state index in [1.807, 2.05) is 6.07 Å². The SMILES string of the molecule is C/C(N)=C(/C=N)c1nc(N2CCC3(CC2)CCN(C2CCC[C@H]2O)C3)c2ccncc2n1. The highest BCUT2D eigenvalue weighted by atomic mass is 16.3. The first-order valence-electron chi connectivity index (χ1n) is 11.8. The van der Waals surface area contributed by atoms with E-state index in [0.717, 1.165) is 75.0 Å². The summed E-state index contributed by atoms with van der Waals surface area (Å²) in [6, 6.07) is 2.33.